The van der Waals surface area contributed by atoms with E-state index in [1.54, 1.807) is 23.7 Å². The fourth-order valence-corrected chi connectivity index (χ4v) is 5.74. The number of aryl methyl sites for hydroxylation is 1. The van der Waals surface area contributed by atoms with Crippen LogP contribution >= 0.6 is 11.3 Å². The highest BCUT2D eigenvalue weighted by atomic mass is 32.1. The Balaban J connectivity index is 1.29. The van der Waals surface area contributed by atoms with E-state index in [0.717, 1.165) is 72.3 Å². The standard InChI is InChI=1S/C25H27N7O2S/c1-31-9-11-32(12-10-31)17-7-5-16(6-8-17)28-25-27-13-18(20-14-26-15-34-20)22(30-25)24-29-23-19(33)3-2-4-21(23)35-24/h5-8,13-15,19,33H,2-4,9-12H2,1H3,(H,27,28,30). The summed E-state index contributed by atoms with van der Waals surface area (Å²) in [6.45, 7) is 4.22. The van der Waals surface area contributed by atoms with Gasteiger partial charge < -0.3 is 24.6 Å². The zero-order valence-corrected chi connectivity index (χ0v) is 20.3. The molecule has 3 aromatic heterocycles. The molecule has 1 saturated heterocycles. The summed E-state index contributed by atoms with van der Waals surface area (Å²) in [5.74, 6) is 1.06. The fourth-order valence-electron chi connectivity index (χ4n) is 4.58. The topological polar surface area (TPSA) is 103 Å². The minimum Gasteiger partial charge on any atom is -0.443 e. The highest BCUT2D eigenvalue weighted by Gasteiger charge is 2.26. The van der Waals surface area contributed by atoms with Crippen LogP contribution in [-0.2, 0) is 6.42 Å². The number of thiazole rings is 1. The Hall–Kier alpha value is -3.34. The van der Waals surface area contributed by atoms with Crippen molar-refractivity contribution in [1.29, 1.82) is 0 Å². The van der Waals surface area contributed by atoms with Crippen LogP contribution in [0.25, 0.3) is 22.0 Å². The van der Waals surface area contributed by atoms with Gasteiger partial charge in [-0.25, -0.2) is 19.9 Å². The molecule has 1 fully saturated rings. The van der Waals surface area contributed by atoms with E-state index < -0.39 is 6.10 Å². The van der Waals surface area contributed by atoms with Crippen molar-refractivity contribution in [3.63, 3.8) is 0 Å². The number of hydrogen-bond acceptors (Lipinski definition) is 10. The first-order chi connectivity index (χ1) is 17.1. The Kier molecular flexibility index (Phi) is 5.93. The Labute approximate surface area is 207 Å². The second-order valence-electron chi connectivity index (χ2n) is 9.02. The highest BCUT2D eigenvalue weighted by Crippen LogP contribution is 2.39. The molecule has 1 aliphatic heterocycles. The summed E-state index contributed by atoms with van der Waals surface area (Å²) in [5.41, 5.74) is 4.29. The van der Waals surface area contributed by atoms with Crippen molar-refractivity contribution in [1.82, 2.24) is 24.8 Å². The largest absolute Gasteiger partial charge is 0.443 e. The van der Waals surface area contributed by atoms with Crippen LogP contribution in [0.4, 0.5) is 17.3 Å². The number of aliphatic hydroxyl groups excluding tert-OH is 1. The zero-order chi connectivity index (χ0) is 23.8. The zero-order valence-electron chi connectivity index (χ0n) is 19.5. The molecule has 4 heterocycles. The molecule has 0 saturated carbocycles. The van der Waals surface area contributed by atoms with Gasteiger partial charge in [0.2, 0.25) is 5.95 Å². The number of aromatic nitrogens is 4. The van der Waals surface area contributed by atoms with Crippen LogP contribution in [0.15, 0.2) is 47.5 Å². The molecule has 9 nitrogen and oxygen atoms in total. The predicted octanol–water partition coefficient (Wildman–Crippen LogP) is 4.12. The van der Waals surface area contributed by atoms with Gasteiger partial charge in [0.25, 0.3) is 0 Å². The first-order valence-corrected chi connectivity index (χ1v) is 12.7. The van der Waals surface area contributed by atoms with E-state index in [0.29, 0.717) is 17.4 Å². The summed E-state index contributed by atoms with van der Waals surface area (Å²) in [6, 6.07) is 8.38. The van der Waals surface area contributed by atoms with E-state index in [-0.39, 0.29) is 0 Å². The molecule has 0 spiro atoms. The Morgan fingerprint density at radius 3 is 2.66 bits per heavy atom. The van der Waals surface area contributed by atoms with Gasteiger partial charge in [0.05, 0.1) is 23.6 Å². The third-order valence-corrected chi connectivity index (χ3v) is 7.74. The summed E-state index contributed by atoms with van der Waals surface area (Å²) >= 11 is 1.58. The Morgan fingerprint density at radius 1 is 1.09 bits per heavy atom. The molecule has 2 N–H and O–H groups in total. The van der Waals surface area contributed by atoms with Crippen LogP contribution in [0.3, 0.4) is 0 Å². The van der Waals surface area contributed by atoms with Crippen LogP contribution < -0.4 is 10.2 Å². The van der Waals surface area contributed by atoms with Gasteiger partial charge in [0, 0.05) is 48.6 Å². The molecule has 1 unspecified atom stereocenters. The fraction of sp³-hybridized carbons (Fsp3) is 0.360. The smallest absolute Gasteiger partial charge is 0.227 e. The summed E-state index contributed by atoms with van der Waals surface area (Å²) in [6.07, 6.45) is 6.89. The number of anilines is 3. The summed E-state index contributed by atoms with van der Waals surface area (Å²) in [5, 5.41) is 14.5. The maximum atomic E-state index is 10.4. The lowest BCUT2D eigenvalue weighted by atomic mass is 10.0. The monoisotopic (exact) mass is 489 g/mol. The van der Waals surface area contributed by atoms with Gasteiger partial charge in [-0.15, -0.1) is 11.3 Å². The Morgan fingerprint density at radius 2 is 1.91 bits per heavy atom. The summed E-state index contributed by atoms with van der Waals surface area (Å²) < 4.78 is 5.55. The van der Waals surface area contributed by atoms with Gasteiger partial charge in [-0.05, 0) is 50.6 Å². The number of aliphatic hydroxyl groups is 1. The van der Waals surface area contributed by atoms with Crippen LogP contribution in [0.2, 0.25) is 0 Å². The second-order valence-corrected chi connectivity index (χ2v) is 10.1. The Bertz CT molecular complexity index is 1300. The van der Waals surface area contributed by atoms with Crippen molar-refractivity contribution in [2.24, 2.45) is 0 Å². The normalized spacial score (nSPS) is 18.5. The molecule has 35 heavy (non-hydrogen) atoms. The number of fused-ring (bicyclic) bond motifs is 1. The SMILES string of the molecule is CN1CCN(c2ccc(Nc3ncc(-c4cnco4)c(-c4nc5c(s4)CCCC5O)n3)cc2)CC1. The summed E-state index contributed by atoms with van der Waals surface area (Å²) in [4.78, 5) is 24.1. The number of benzene rings is 1. The van der Waals surface area contributed by atoms with Gasteiger partial charge in [0.15, 0.2) is 12.2 Å². The van der Waals surface area contributed by atoms with Gasteiger partial charge in [-0.2, -0.15) is 0 Å². The molecule has 1 atom stereocenters. The molecule has 0 bridgehead atoms. The summed E-state index contributed by atoms with van der Waals surface area (Å²) in [7, 11) is 2.16. The lowest BCUT2D eigenvalue weighted by Crippen LogP contribution is -2.44. The predicted molar refractivity (Wildman–Crippen MR) is 136 cm³/mol. The third-order valence-electron chi connectivity index (χ3n) is 6.61. The van der Waals surface area contributed by atoms with Crippen LogP contribution in [-0.4, -0.2) is 63.2 Å². The number of hydrogen-bond donors (Lipinski definition) is 2. The molecule has 4 aromatic rings. The van der Waals surface area contributed by atoms with Crippen LogP contribution in [0.1, 0.15) is 29.5 Å². The second kappa shape index (κ2) is 9.37. The van der Waals surface area contributed by atoms with Gasteiger partial charge >= 0.3 is 0 Å². The minimum absolute atomic E-state index is 0.476. The first kappa shape index (κ1) is 22.1. The molecule has 6 rings (SSSR count). The van der Waals surface area contributed by atoms with E-state index in [4.69, 9.17) is 14.4 Å². The molecule has 2 aliphatic rings. The highest BCUT2D eigenvalue weighted by molar-refractivity contribution is 7.15. The average molecular weight is 490 g/mol. The maximum absolute atomic E-state index is 10.4. The van der Waals surface area contributed by atoms with E-state index in [2.05, 4.69) is 56.4 Å². The number of nitrogens with one attached hydrogen (secondary N) is 1. The lowest BCUT2D eigenvalue weighted by Gasteiger charge is -2.34. The number of nitrogens with zero attached hydrogens (tertiary/aromatic N) is 6. The van der Waals surface area contributed by atoms with E-state index in [9.17, 15) is 5.11 Å². The number of rotatable bonds is 5. The quantitative estimate of drug-likeness (QED) is 0.428. The van der Waals surface area contributed by atoms with Crippen molar-refractivity contribution in [2.75, 3.05) is 43.4 Å². The molecule has 10 heteroatoms. The molecule has 180 valence electrons. The number of likely N-dealkylation sites (N-methyl/N-ethyl adjacent to an activating group) is 1. The van der Waals surface area contributed by atoms with Gasteiger partial charge in [-0.1, -0.05) is 0 Å². The number of piperazine rings is 1. The first-order valence-electron chi connectivity index (χ1n) is 11.9. The van der Waals surface area contributed by atoms with Gasteiger partial charge in [-0.3, -0.25) is 0 Å². The van der Waals surface area contributed by atoms with Crippen molar-refractivity contribution in [3.8, 4) is 22.0 Å². The van der Waals surface area contributed by atoms with Gasteiger partial charge in [0.1, 0.15) is 10.7 Å². The van der Waals surface area contributed by atoms with Crippen molar-refractivity contribution in [2.45, 2.75) is 25.4 Å². The molecule has 1 aromatic carbocycles. The average Bonchev–Trinajstić information content (AvgIpc) is 3.56. The lowest BCUT2D eigenvalue weighted by molar-refractivity contribution is 0.153. The minimum atomic E-state index is -0.518. The van der Waals surface area contributed by atoms with Crippen molar-refractivity contribution < 1.29 is 9.52 Å². The van der Waals surface area contributed by atoms with E-state index in [1.807, 2.05) is 0 Å². The van der Waals surface area contributed by atoms with Crippen molar-refractivity contribution in [3.05, 3.63) is 53.6 Å². The van der Waals surface area contributed by atoms with Crippen LogP contribution in [0.5, 0.6) is 0 Å². The molecule has 0 amide bonds. The third kappa shape index (κ3) is 4.52. The molecular weight excluding hydrogens is 462 g/mol. The molecular formula is C25H27N7O2S. The maximum Gasteiger partial charge on any atom is 0.227 e. The molecule has 0 radical (unpaired) electrons. The molecule has 1 aliphatic carbocycles. The van der Waals surface area contributed by atoms with Crippen molar-refractivity contribution >= 4 is 28.7 Å². The van der Waals surface area contributed by atoms with E-state index >= 15 is 0 Å². The van der Waals surface area contributed by atoms with Crippen LogP contribution in [0, 0.1) is 0 Å². The van der Waals surface area contributed by atoms with E-state index in [1.165, 1.54) is 12.1 Å². The number of oxazole rings is 1.